The fraction of sp³-hybridized carbons (Fsp3) is 0.312. The van der Waals surface area contributed by atoms with E-state index in [1.807, 2.05) is 13.8 Å². The van der Waals surface area contributed by atoms with Gasteiger partial charge >= 0.3 is 5.97 Å². The van der Waals surface area contributed by atoms with E-state index in [1.165, 1.54) is 24.3 Å². The van der Waals surface area contributed by atoms with Gasteiger partial charge in [-0.2, -0.15) is 0 Å². The largest absolute Gasteiger partial charge is 0.480 e. The average molecular weight is 380 g/mol. The van der Waals surface area contributed by atoms with Crippen molar-refractivity contribution in [3.8, 4) is 0 Å². The maximum Gasteiger partial charge on any atom is 0.326 e. The summed E-state index contributed by atoms with van der Waals surface area (Å²) in [5, 5.41) is 20.1. The standard InChI is InChI=1S/C16H16N2O5S2/c1-9(2)7-12(15(20)21)17-14(19)13(25-16(17)24)8-10-3-5-11(6-4-10)18(22)23/h3-6,8-9,12H,7H2,1-2H3,(H,20,21)/b13-8-. The van der Waals surface area contributed by atoms with Gasteiger partial charge in [-0.1, -0.05) is 37.8 Å². The van der Waals surface area contributed by atoms with Crippen molar-refractivity contribution >= 4 is 51.9 Å². The summed E-state index contributed by atoms with van der Waals surface area (Å²) in [6, 6.07) is 4.72. The second kappa shape index (κ2) is 7.75. The normalized spacial score (nSPS) is 17.4. The summed E-state index contributed by atoms with van der Waals surface area (Å²) in [5.41, 5.74) is 0.550. The third-order valence-electron chi connectivity index (χ3n) is 3.52. The number of rotatable bonds is 6. The van der Waals surface area contributed by atoms with Gasteiger partial charge in [-0.15, -0.1) is 0 Å². The molecular weight excluding hydrogens is 364 g/mol. The highest BCUT2D eigenvalue weighted by molar-refractivity contribution is 8.26. The molecule has 0 bridgehead atoms. The number of nitro benzene ring substituents is 1. The van der Waals surface area contributed by atoms with Crippen LogP contribution in [0, 0.1) is 16.0 Å². The highest BCUT2D eigenvalue weighted by Gasteiger charge is 2.40. The number of carbonyl (C=O) groups excluding carboxylic acids is 1. The summed E-state index contributed by atoms with van der Waals surface area (Å²) in [5.74, 6) is -1.47. The van der Waals surface area contributed by atoms with E-state index in [9.17, 15) is 24.8 Å². The Bertz CT molecular complexity index is 758. The smallest absolute Gasteiger partial charge is 0.326 e. The fourth-order valence-corrected chi connectivity index (χ4v) is 3.71. The second-order valence-corrected chi connectivity index (χ2v) is 7.56. The van der Waals surface area contributed by atoms with Gasteiger partial charge in [0.2, 0.25) is 0 Å². The predicted molar refractivity (Wildman–Crippen MR) is 99.0 cm³/mol. The number of aliphatic carboxylic acids is 1. The maximum absolute atomic E-state index is 12.6. The van der Waals surface area contributed by atoms with Gasteiger partial charge in [0.15, 0.2) is 0 Å². The minimum absolute atomic E-state index is 0.0485. The van der Waals surface area contributed by atoms with Crippen LogP contribution in [0.4, 0.5) is 5.69 Å². The highest BCUT2D eigenvalue weighted by atomic mass is 32.2. The SMILES string of the molecule is CC(C)CC(C(=O)O)N1C(=O)/C(=C/c2ccc([N+](=O)[O-])cc2)SC1=S. The van der Waals surface area contributed by atoms with Gasteiger partial charge in [0.25, 0.3) is 11.6 Å². The highest BCUT2D eigenvalue weighted by Crippen LogP contribution is 2.35. The van der Waals surface area contributed by atoms with Gasteiger partial charge in [0.1, 0.15) is 10.4 Å². The molecule has 2 rings (SSSR count). The van der Waals surface area contributed by atoms with E-state index in [0.29, 0.717) is 16.9 Å². The Kier molecular flexibility index (Phi) is 5.91. The van der Waals surface area contributed by atoms with Crippen molar-refractivity contribution in [2.45, 2.75) is 26.3 Å². The molecule has 1 N–H and O–H groups in total. The number of thiocarbonyl (C=S) groups is 1. The molecule has 1 aromatic rings. The quantitative estimate of drug-likeness (QED) is 0.350. The van der Waals surface area contributed by atoms with Crippen molar-refractivity contribution in [2.75, 3.05) is 0 Å². The number of benzene rings is 1. The number of carboxylic acids is 1. The Labute approximate surface area is 153 Å². The number of amides is 1. The van der Waals surface area contributed by atoms with Crippen LogP contribution in [0.15, 0.2) is 29.2 Å². The summed E-state index contributed by atoms with van der Waals surface area (Å²) in [7, 11) is 0. The first kappa shape index (κ1) is 19.1. The van der Waals surface area contributed by atoms with E-state index < -0.39 is 22.8 Å². The van der Waals surface area contributed by atoms with E-state index in [-0.39, 0.29) is 15.9 Å². The minimum atomic E-state index is -1.10. The van der Waals surface area contributed by atoms with Crippen molar-refractivity contribution in [3.63, 3.8) is 0 Å². The first-order valence-electron chi connectivity index (χ1n) is 7.45. The zero-order valence-electron chi connectivity index (χ0n) is 13.5. The van der Waals surface area contributed by atoms with E-state index in [0.717, 1.165) is 16.7 Å². The molecule has 0 aromatic heterocycles. The molecule has 1 unspecified atom stereocenters. The number of nitro groups is 1. The van der Waals surface area contributed by atoms with E-state index in [4.69, 9.17) is 12.2 Å². The number of nitrogens with zero attached hydrogens (tertiary/aromatic N) is 2. The Balaban J connectivity index is 2.27. The van der Waals surface area contributed by atoms with Crippen LogP contribution in [0.25, 0.3) is 6.08 Å². The van der Waals surface area contributed by atoms with Crippen LogP contribution in [0.1, 0.15) is 25.8 Å². The molecule has 1 aromatic carbocycles. The molecule has 9 heteroatoms. The molecule has 132 valence electrons. The molecule has 1 atom stereocenters. The lowest BCUT2D eigenvalue weighted by Crippen LogP contribution is -2.44. The van der Waals surface area contributed by atoms with Gasteiger partial charge in [0.05, 0.1) is 9.83 Å². The molecule has 1 heterocycles. The van der Waals surface area contributed by atoms with Crippen LogP contribution in [0.2, 0.25) is 0 Å². The van der Waals surface area contributed by atoms with Crippen molar-refractivity contribution in [1.82, 2.24) is 4.90 Å². The Morgan fingerprint density at radius 2 is 2.00 bits per heavy atom. The zero-order chi connectivity index (χ0) is 18.7. The molecule has 0 radical (unpaired) electrons. The molecule has 0 spiro atoms. The van der Waals surface area contributed by atoms with Crippen molar-refractivity contribution in [3.05, 3.63) is 44.8 Å². The van der Waals surface area contributed by atoms with E-state index in [2.05, 4.69) is 0 Å². The first-order chi connectivity index (χ1) is 11.7. The maximum atomic E-state index is 12.6. The van der Waals surface area contributed by atoms with Crippen molar-refractivity contribution < 1.29 is 19.6 Å². The molecule has 1 aliphatic heterocycles. The number of non-ortho nitro benzene ring substituents is 1. The Morgan fingerprint density at radius 1 is 1.40 bits per heavy atom. The molecule has 25 heavy (non-hydrogen) atoms. The van der Waals surface area contributed by atoms with Gasteiger partial charge < -0.3 is 5.11 Å². The second-order valence-electron chi connectivity index (χ2n) is 5.88. The average Bonchev–Trinajstić information content (AvgIpc) is 2.79. The van der Waals surface area contributed by atoms with Gasteiger partial charge in [-0.05, 0) is 36.1 Å². The third kappa shape index (κ3) is 4.43. The van der Waals surface area contributed by atoms with E-state index in [1.54, 1.807) is 6.08 Å². The van der Waals surface area contributed by atoms with Gasteiger partial charge in [-0.3, -0.25) is 19.8 Å². The van der Waals surface area contributed by atoms with Crippen LogP contribution >= 0.6 is 24.0 Å². The van der Waals surface area contributed by atoms with E-state index >= 15 is 0 Å². The lowest BCUT2D eigenvalue weighted by molar-refractivity contribution is -0.384. The molecule has 1 amide bonds. The molecule has 1 fully saturated rings. The number of carbonyl (C=O) groups is 2. The van der Waals surface area contributed by atoms with Crippen molar-refractivity contribution in [1.29, 1.82) is 0 Å². The summed E-state index contributed by atoms with van der Waals surface area (Å²) < 4.78 is 0.200. The molecule has 0 aliphatic carbocycles. The summed E-state index contributed by atoms with van der Waals surface area (Å²) in [4.78, 5) is 35.7. The summed E-state index contributed by atoms with van der Waals surface area (Å²) in [6.07, 6.45) is 1.85. The number of carboxylic acid groups (broad SMARTS) is 1. The topological polar surface area (TPSA) is 101 Å². The van der Waals surface area contributed by atoms with Crippen LogP contribution in [0.5, 0.6) is 0 Å². The Hall–Kier alpha value is -2.26. The molecule has 0 saturated carbocycles. The van der Waals surface area contributed by atoms with Crippen LogP contribution in [0.3, 0.4) is 0 Å². The van der Waals surface area contributed by atoms with Crippen molar-refractivity contribution in [2.24, 2.45) is 5.92 Å². The number of hydrogen-bond donors (Lipinski definition) is 1. The molecule has 7 nitrogen and oxygen atoms in total. The predicted octanol–water partition coefficient (Wildman–Crippen LogP) is 3.30. The lowest BCUT2D eigenvalue weighted by atomic mass is 10.0. The van der Waals surface area contributed by atoms with Crippen LogP contribution < -0.4 is 0 Å². The van der Waals surface area contributed by atoms with Crippen LogP contribution in [-0.2, 0) is 9.59 Å². The number of hydrogen-bond acceptors (Lipinski definition) is 6. The zero-order valence-corrected chi connectivity index (χ0v) is 15.2. The third-order valence-corrected chi connectivity index (χ3v) is 4.85. The Morgan fingerprint density at radius 3 is 2.48 bits per heavy atom. The van der Waals surface area contributed by atoms with Crippen LogP contribution in [-0.4, -0.2) is 37.2 Å². The lowest BCUT2D eigenvalue weighted by Gasteiger charge is -2.24. The monoisotopic (exact) mass is 380 g/mol. The summed E-state index contributed by atoms with van der Waals surface area (Å²) in [6.45, 7) is 3.75. The molecule has 1 aliphatic rings. The summed E-state index contributed by atoms with van der Waals surface area (Å²) >= 11 is 6.22. The minimum Gasteiger partial charge on any atom is -0.480 e. The molecule has 1 saturated heterocycles. The molecular formula is C16H16N2O5S2. The van der Waals surface area contributed by atoms with Gasteiger partial charge in [0, 0.05) is 12.1 Å². The van der Waals surface area contributed by atoms with Gasteiger partial charge in [-0.25, -0.2) is 4.79 Å². The number of thioether (sulfide) groups is 1. The first-order valence-corrected chi connectivity index (χ1v) is 8.67. The fourth-order valence-electron chi connectivity index (χ4n) is 2.36.